The number of nitrogens with zero attached hydrogens (tertiary/aromatic N) is 3. The van der Waals surface area contributed by atoms with Crippen LogP contribution in [-0.4, -0.2) is 15.0 Å². The van der Waals surface area contributed by atoms with Gasteiger partial charge in [0.15, 0.2) is 0 Å². The Kier molecular flexibility index (Phi) is 2.75. The maximum Gasteiger partial charge on any atom is 0.115 e. The molecule has 0 aliphatic rings. The quantitative estimate of drug-likeness (QED) is 0.834. The van der Waals surface area contributed by atoms with Crippen LogP contribution in [0.3, 0.4) is 0 Å². The summed E-state index contributed by atoms with van der Waals surface area (Å²) < 4.78 is 0. The highest BCUT2D eigenvalue weighted by molar-refractivity contribution is 7.11. The summed E-state index contributed by atoms with van der Waals surface area (Å²) in [5.74, 6) is 0. The van der Waals surface area contributed by atoms with Crippen molar-refractivity contribution in [2.45, 2.75) is 19.9 Å². The van der Waals surface area contributed by atoms with E-state index in [1.807, 2.05) is 13.8 Å². The van der Waals surface area contributed by atoms with Crippen LogP contribution in [0.1, 0.15) is 27.2 Å². The first-order valence-corrected chi connectivity index (χ1v) is 5.44. The lowest BCUT2D eigenvalue weighted by atomic mass is 10.1. The molecule has 2 N–H and O–H groups in total. The molecule has 0 aromatic carbocycles. The summed E-state index contributed by atoms with van der Waals surface area (Å²) >= 11 is 1.63. The minimum Gasteiger partial charge on any atom is -0.319 e. The molecule has 0 spiro atoms. The zero-order valence-corrected chi connectivity index (χ0v) is 9.45. The Balaban J connectivity index is 2.36. The van der Waals surface area contributed by atoms with Gasteiger partial charge in [-0.05, 0) is 13.8 Å². The van der Waals surface area contributed by atoms with Crippen molar-refractivity contribution in [2.75, 3.05) is 0 Å². The largest absolute Gasteiger partial charge is 0.319 e. The van der Waals surface area contributed by atoms with Gasteiger partial charge in [-0.1, -0.05) is 0 Å². The fourth-order valence-corrected chi connectivity index (χ4v) is 2.42. The molecule has 15 heavy (non-hydrogen) atoms. The zero-order valence-electron chi connectivity index (χ0n) is 8.64. The first kappa shape index (κ1) is 10.2. The summed E-state index contributed by atoms with van der Waals surface area (Å²) in [6, 6.07) is -0.169. The second kappa shape index (κ2) is 4.04. The number of hydrogen-bond acceptors (Lipinski definition) is 5. The Hall–Kier alpha value is -1.33. The number of nitrogens with two attached hydrogens (primary N) is 1. The first-order chi connectivity index (χ1) is 7.18. The second-order valence-corrected chi connectivity index (χ2v) is 4.57. The lowest BCUT2D eigenvalue weighted by Crippen LogP contribution is -2.12. The van der Waals surface area contributed by atoms with E-state index in [1.54, 1.807) is 23.7 Å². The maximum atomic E-state index is 6.12. The second-order valence-electron chi connectivity index (χ2n) is 3.33. The molecule has 2 rings (SSSR count). The Labute approximate surface area is 92.2 Å². The number of rotatable bonds is 2. The molecule has 0 radical (unpaired) electrons. The van der Waals surface area contributed by atoms with Crippen LogP contribution >= 0.6 is 11.3 Å². The molecule has 0 amide bonds. The van der Waals surface area contributed by atoms with E-state index >= 15 is 0 Å². The average Bonchev–Trinajstić information content (AvgIpc) is 2.58. The van der Waals surface area contributed by atoms with Crippen molar-refractivity contribution in [3.8, 4) is 0 Å². The fraction of sp³-hybridized carbons (Fsp3) is 0.300. The van der Waals surface area contributed by atoms with E-state index in [2.05, 4.69) is 15.0 Å². The Morgan fingerprint density at radius 1 is 1.27 bits per heavy atom. The van der Waals surface area contributed by atoms with Gasteiger partial charge in [0.1, 0.15) is 6.33 Å². The number of aryl methyl sites for hydroxylation is 2. The minimum atomic E-state index is -0.169. The van der Waals surface area contributed by atoms with Crippen LogP contribution in [0.25, 0.3) is 0 Å². The Bertz CT molecular complexity index is 452. The van der Waals surface area contributed by atoms with Gasteiger partial charge in [-0.15, -0.1) is 11.3 Å². The van der Waals surface area contributed by atoms with E-state index < -0.39 is 0 Å². The van der Waals surface area contributed by atoms with Crippen LogP contribution in [0.4, 0.5) is 0 Å². The third-order valence-electron chi connectivity index (χ3n) is 2.16. The molecule has 5 heteroatoms. The van der Waals surface area contributed by atoms with Gasteiger partial charge in [0.05, 0.1) is 16.7 Å². The van der Waals surface area contributed by atoms with E-state index in [0.29, 0.717) is 0 Å². The van der Waals surface area contributed by atoms with E-state index in [4.69, 9.17) is 5.73 Å². The summed E-state index contributed by atoms with van der Waals surface area (Å²) in [7, 11) is 0. The Morgan fingerprint density at radius 2 is 1.93 bits per heavy atom. The molecule has 0 saturated heterocycles. The molecule has 1 atom stereocenters. The summed E-state index contributed by atoms with van der Waals surface area (Å²) in [5.41, 5.74) is 8.04. The highest BCUT2D eigenvalue weighted by Gasteiger charge is 2.15. The summed E-state index contributed by atoms with van der Waals surface area (Å²) in [6.07, 6.45) is 4.99. The lowest BCUT2D eigenvalue weighted by Gasteiger charge is -2.08. The van der Waals surface area contributed by atoms with Gasteiger partial charge in [-0.25, -0.2) is 15.0 Å². The van der Waals surface area contributed by atoms with Crippen LogP contribution in [0.2, 0.25) is 0 Å². The molecule has 4 nitrogen and oxygen atoms in total. The van der Waals surface area contributed by atoms with Gasteiger partial charge < -0.3 is 5.73 Å². The molecule has 0 aliphatic heterocycles. The highest BCUT2D eigenvalue weighted by atomic mass is 32.1. The summed E-state index contributed by atoms with van der Waals surface area (Å²) in [5, 5.41) is 1.04. The molecule has 1 unspecified atom stereocenters. The van der Waals surface area contributed by atoms with Crippen molar-refractivity contribution in [1.29, 1.82) is 0 Å². The fourth-order valence-electron chi connectivity index (χ4n) is 1.46. The average molecular weight is 220 g/mol. The van der Waals surface area contributed by atoms with Gasteiger partial charge in [-0.2, -0.15) is 0 Å². The van der Waals surface area contributed by atoms with E-state index in [-0.39, 0.29) is 6.04 Å². The molecule has 2 aromatic heterocycles. The molecule has 0 bridgehead atoms. The van der Waals surface area contributed by atoms with Crippen molar-refractivity contribution in [3.63, 3.8) is 0 Å². The van der Waals surface area contributed by atoms with Crippen LogP contribution in [0.15, 0.2) is 18.7 Å². The van der Waals surface area contributed by atoms with E-state index in [0.717, 1.165) is 21.1 Å². The topological polar surface area (TPSA) is 64.7 Å². The monoisotopic (exact) mass is 220 g/mol. The maximum absolute atomic E-state index is 6.12. The molecule has 78 valence electrons. The van der Waals surface area contributed by atoms with Crippen molar-refractivity contribution in [3.05, 3.63) is 39.9 Å². The van der Waals surface area contributed by atoms with Gasteiger partial charge in [0.2, 0.25) is 0 Å². The van der Waals surface area contributed by atoms with Gasteiger partial charge in [0, 0.05) is 22.8 Å². The molecule has 0 aliphatic carbocycles. The molecule has 0 fully saturated rings. The molecule has 2 heterocycles. The normalized spacial score (nSPS) is 12.7. The van der Waals surface area contributed by atoms with Gasteiger partial charge in [-0.3, -0.25) is 0 Å². The van der Waals surface area contributed by atoms with Crippen molar-refractivity contribution in [1.82, 2.24) is 15.0 Å². The van der Waals surface area contributed by atoms with E-state index in [9.17, 15) is 0 Å². The lowest BCUT2D eigenvalue weighted by molar-refractivity contribution is 0.856. The van der Waals surface area contributed by atoms with Gasteiger partial charge in [0.25, 0.3) is 0 Å². The third-order valence-corrected chi connectivity index (χ3v) is 3.32. The number of hydrogen-bond donors (Lipinski definition) is 1. The van der Waals surface area contributed by atoms with Crippen LogP contribution < -0.4 is 5.73 Å². The number of aromatic nitrogens is 3. The predicted molar refractivity (Wildman–Crippen MR) is 59.7 cm³/mol. The van der Waals surface area contributed by atoms with E-state index in [1.165, 1.54) is 6.33 Å². The van der Waals surface area contributed by atoms with Crippen LogP contribution in [0.5, 0.6) is 0 Å². The van der Waals surface area contributed by atoms with Gasteiger partial charge >= 0.3 is 0 Å². The standard InChI is InChI=1S/C10H12N4S/c1-6-10(15-7(2)14-6)9(11)8-3-12-5-13-4-8/h3-5,9H,11H2,1-2H3. The minimum absolute atomic E-state index is 0.169. The SMILES string of the molecule is Cc1nc(C)c(C(N)c2cncnc2)s1. The van der Waals surface area contributed by atoms with Crippen molar-refractivity contribution < 1.29 is 0 Å². The van der Waals surface area contributed by atoms with Crippen molar-refractivity contribution >= 4 is 11.3 Å². The van der Waals surface area contributed by atoms with Crippen LogP contribution in [0, 0.1) is 13.8 Å². The predicted octanol–water partition coefficient (Wildman–Crippen LogP) is 1.60. The molecular formula is C10H12N4S. The molecular weight excluding hydrogens is 208 g/mol. The summed E-state index contributed by atoms with van der Waals surface area (Å²) in [4.78, 5) is 13.4. The highest BCUT2D eigenvalue weighted by Crippen LogP contribution is 2.27. The third kappa shape index (κ3) is 2.03. The number of thiazole rings is 1. The summed E-state index contributed by atoms with van der Waals surface area (Å²) in [6.45, 7) is 3.96. The molecule has 2 aromatic rings. The van der Waals surface area contributed by atoms with Crippen LogP contribution in [-0.2, 0) is 0 Å². The van der Waals surface area contributed by atoms with Crippen molar-refractivity contribution in [2.24, 2.45) is 5.73 Å². The Morgan fingerprint density at radius 3 is 2.47 bits per heavy atom. The smallest absolute Gasteiger partial charge is 0.115 e. The molecule has 0 saturated carbocycles. The zero-order chi connectivity index (χ0) is 10.8. The first-order valence-electron chi connectivity index (χ1n) is 4.63.